The van der Waals surface area contributed by atoms with Gasteiger partial charge in [0.1, 0.15) is 5.82 Å². The second-order valence-corrected chi connectivity index (χ2v) is 7.20. The van der Waals surface area contributed by atoms with E-state index in [0.29, 0.717) is 22.9 Å². The van der Waals surface area contributed by atoms with Crippen LogP contribution in [0.1, 0.15) is 25.7 Å². The summed E-state index contributed by atoms with van der Waals surface area (Å²) in [6.07, 6.45) is 4.43. The summed E-state index contributed by atoms with van der Waals surface area (Å²) in [7, 11) is 0. The number of nitrogens with zero attached hydrogens (tertiary/aromatic N) is 1. The molecule has 0 bridgehead atoms. The monoisotopic (exact) mass is 371 g/mol. The van der Waals surface area contributed by atoms with Crippen LogP contribution in [0.25, 0.3) is 0 Å². The van der Waals surface area contributed by atoms with Gasteiger partial charge in [-0.05, 0) is 56.1 Å². The highest BCUT2D eigenvalue weighted by atomic mass is 35.5. The van der Waals surface area contributed by atoms with Crippen molar-refractivity contribution in [1.29, 1.82) is 0 Å². The molecule has 0 atom stereocenters. The van der Waals surface area contributed by atoms with Crippen LogP contribution in [-0.4, -0.2) is 48.4 Å². The first kappa shape index (κ1) is 17.9. The predicted octanol–water partition coefficient (Wildman–Crippen LogP) is 3.41. The van der Waals surface area contributed by atoms with E-state index in [0.717, 1.165) is 52.0 Å². The molecule has 2 aliphatic heterocycles. The molecule has 0 radical (unpaired) electrons. The Morgan fingerprint density at radius 1 is 1.21 bits per heavy atom. The van der Waals surface area contributed by atoms with Crippen molar-refractivity contribution in [3.63, 3.8) is 0 Å². The number of piperidine rings is 1. The zero-order chi connectivity index (χ0) is 16.9. The van der Waals surface area contributed by atoms with Crippen LogP contribution in [0.4, 0.5) is 10.1 Å². The van der Waals surface area contributed by atoms with Crippen molar-refractivity contribution in [3.05, 3.63) is 29.0 Å². The van der Waals surface area contributed by atoms with Crippen molar-refractivity contribution in [2.45, 2.75) is 37.8 Å². The number of hydrogen-bond donors (Lipinski definition) is 2. The minimum absolute atomic E-state index is 0.0903. The molecule has 132 valence electrons. The second kappa shape index (κ2) is 8.43. The highest BCUT2D eigenvalue weighted by molar-refractivity contribution is 7.80. The number of ether oxygens (including phenoxy) is 1. The van der Waals surface area contributed by atoms with Gasteiger partial charge >= 0.3 is 0 Å². The molecule has 2 saturated heterocycles. The second-order valence-electron chi connectivity index (χ2n) is 6.38. The van der Waals surface area contributed by atoms with E-state index in [9.17, 15) is 4.39 Å². The molecule has 0 unspecified atom stereocenters. The van der Waals surface area contributed by atoms with E-state index in [1.54, 1.807) is 12.1 Å². The third-order valence-electron chi connectivity index (χ3n) is 4.75. The zero-order valence-corrected chi connectivity index (χ0v) is 15.1. The summed E-state index contributed by atoms with van der Waals surface area (Å²) in [6, 6.07) is 5.55. The lowest BCUT2D eigenvalue weighted by atomic mass is 10.00. The van der Waals surface area contributed by atoms with Crippen LogP contribution in [0.3, 0.4) is 0 Å². The molecular formula is C17H23ClFN3OS. The number of rotatable bonds is 3. The van der Waals surface area contributed by atoms with Gasteiger partial charge in [-0.2, -0.15) is 0 Å². The maximum absolute atomic E-state index is 13.2. The van der Waals surface area contributed by atoms with Gasteiger partial charge in [0.15, 0.2) is 5.11 Å². The molecule has 7 heteroatoms. The standard InChI is InChI=1S/C17H23ClFN3OS/c18-15-11-13(1-2-16(15)19)21-17(24)20-12-3-7-22(8-4-12)14-5-9-23-10-6-14/h1-2,11-12,14H,3-10H2,(H2,20,21,24). The fourth-order valence-corrected chi connectivity index (χ4v) is 3.85. The molecule has 0 aromatic heterocycles. The molecule has 0 amide bonds. The summed E-state index contributed by atoms with van der Waals surface area (Å²) in [5, 5.41) is 7.08. The maximum Gasteiger partial charge on any atom is 0.170 e. The van der Waals surface area contributed by atoms with Crippen molar-refractivity contribution < 1.29 is 9.13 Å². The first-order valence-corrected chi connectivity index (χ1v) is 9.25. The molecule has 0 aliphatic carbocycles. The lowest BCUT2D eigenvalue weighted by Gasteiger charge is -2.39. The van der Waals surface area contributed by atoms with E-state index in [1.165, 1.54) is 6.07 Å². The van der Waals surface area contributed by atoms with Crippen LogP contribution in [0.2, 0.25) is 5.02 Å². The summed E-state index contributed by atoms with van der Waals surface area (Å²) in [6.45, 7) is 3.95. The summed E-state index contributed by atoms with van der Waals surface area (Å²) in [4.78, 5) is 2.58. The Morgan fingerprint density at radius 2 is 1.92 bits per heavy atom. The van der Waals surface area contributed by atoms with Crippen molar-refractivity contribution in [2.24, 2.45) is 0 Å². The van der Waals surface area contributed by atoms with E-state index >= 15 is 0 Å². The van der Waals surface area contributed by atoms with Crippen LogP contribution in [0, 0.1) is 5.82 Å². The first-order valence-electron chi connectivity index (χ1n) is 8.46. The van der Waals surface area contributed by atoms with Crippen molar-refractivity contribution in [2.75, 3.05) is 31.6 Å². The first-order chi connectivity index (χ1) is 11.6. The van der Waals surface area contributed by atoms with E-state index in [2.05, 4.69) is 15.5 Å². The van der Waals surface area contributed by atoms with E-state index in [4.69, 9.17) is 28.6 Å². The van der Waals surface area contributed by atoms with Gasteiger partial charge in [0.2, 0.25) is 0 Å². The minimum Gasteiger partial charge on any atom is -0.381 e. The average Bonchev–Trinajstić information content (AvgIpc) is 2.59. The highest BCUT2D eigenvalue weighted by Crippen LogP contribution is 2.21. The topological polar surface area (TPSA) is 36.5 Å². The largest absolute Gasteiger partial charge is 0.381 e. The molecule has 0 saturated carbocycles. The SMILES string of the molecule is Fc1ccc(NC(=S)NC2CCN(C3CCOCC3)CC2)cc1Cl. The van der Waals surface area contributed by atoms with Crippen LogP contribution in [0.5, 0.6) is 0 Å². The number of halogens is 2. The number of likely N-dealkylation sites (tertiary alicyclic amines) is 1. The molecule has 1 aromatic rings. The van der Waals surface area contributed by atoms with Gasteiger partial charge in [0, 0.05) is 44.1 Å². The molecule has 2 aliphatic rings. The summed E-state index contributed by atoms with van der Waals surface area (Å²) < 4.78 is 18.6. The molecule has 4 nitrogen and oxygen atoms in total. The molecule has 2 N–H and O–H groups in total. The molecule has 0 spiro atoms. The Balaban J connectivity index is 1.43. The van der Waals surface area contributed by atoms with Crippen molar-refractivity contribution in [1.82, 2.24) is 10.2 Å². The Labute approximate surface area is 152 Å². The van der Waals surface area contributed by atoms with Gasteiger partial charge in [-0.3, -0.25) is 0 Å². The number of anilines is 1. The normalized spacial score (nSPS) is 20.8. The molecular weight excluding hydrogens is 349 g/mol. The highest BCUT2D eigenvalue weighted by Gasteiger charge is 2.26. The number of nitrogens with one attached hydrogen (secondary N) is 2. The van der Waals surface area contributed by atoms with E-state index in [1.807, 2.05) is 0 Å². The lowest BCUT2D eigenvalue weighted by molar-refractivity contribution is 0.0247. The molecule has 3 rings (SSSR count). The Kier molecular flexibility index (Phi) is 6.27. The zero-order valence-electron chi connectivity index (χ0n) is 13.6. The predicted molar refractivity (Wildman–Crippen MR) is 99.2 cm³/mol. The summed E-state index contributed by atoms with van der Waals surface area (Å²) in [5.74, 6) is -0.429. The van der Waals surface area contributed by atoms with Gasteiger partial charge in [0.05, 0.1) is 5.02 Å². The fourth-order valence-electron chi connectivity index (χ4n) is 3.39. The van der Waals surface area contributed by atoms with Gasteiger partial charge in [0.25, 0.3) is 0 Å². The van der Waals surface area contributed by atoms with E-state index in [-0.39, 0.29) is 5.02 Å². The third kappa shape index (κ3) is 4.79. The van der Waals surface area contributed by atoms with Gasteiger partial charge < -0.3 is 20.3 Å². The van der Waals surface area contributed by atoms with E-state index < -0.39 is 5.82 Å². The van der Waals surface area contributed by atoms with Crippen molar-refractivity contribution >= 4 is 34.6 Å². The smallest absolute Gasteiger partial charge is 0.170 e. The van der Waals surface area contributed by atoms with Gasteiger partial charge in [-0.25, -0.2) is 4.39 Å². The van der Waals surface area contributed by atoms with Crippen molar-refractivity contribution in [3.8, 4) is 0 Å². The fraction of sp³-hybridized carbons (Fsp3) is 0.588. The van der Waals surface area contributed by atoms with Crippen LogP contribution in [0.15, 0.2) is 18.2 Å². The number of thiocarbonyl (C=S) groups is 1. The quantitative estimate of drug-likeness (QED) is 0.796. The van der Waals surface area contributed by atoms with Gasteiger partial charge in [-0.1, -0.05) is 11.6 Å². The van der Waals surface area contributed by atoms with Crippen LogP contribution >= 0.6 is 23.8 Å². The summed E-state index contributed by atoms with van der Waals surface area (Å²) in [5.41, 5.74) is 0.693. The molecule has 2 fully saturated rings. The molecule has 1 aromatic carbocycles. The maximum atomic E-state index is 13.2. The Morgan fingerprint density at radius 3 is 2.58 bits per heavy atom. The van der Waals surface area contributed by atoms with Gasteiger partial charge in [-0.15, -0.1) is 0 Å². The molecule has 24 heavy (non-hydrogen) atoms. The Bertz CT molecular complexity index is 575. The third-order valence-corrected chi connectivity index (χ3v) is 5.26. The number of hydrogen-bond acceptors (Lipinski definition) is 3. The number of benzene rings is 1. The molecule has 2 heterocycles. The summed E-state index contributed by atoms with van der Waals surface area (Å²) >= 11 is 11.1. The van der Waals surface area contributed by atoms with Crippen LogP contribution < -0.4 is 10.6 Å². The lowest BCUT2D eigenvalue weighted by Crippen LogP contribution is -2.49. The minimum atomic E-state index is -0.429. The Hall–Kier alpha value is -0.950. The average molecular weight is 372 g/mol. The van der Waals surface area contributed by atoms with Crippen LogP contribution in [-0.2, 0) is 4.74 Å².